The molecule has 0 bridgehead atoms. The first-order valence-electron chi connectivity index (χ1n) is 7.48. The minimum Gasteiger partial charge on any atom is -0.485 e. The van der Waals surface area contributed by atoms with Crippen LogP contribution in [0.3, 0.4) is 0 Å². The lowest BCUT2D eigenvalue weighted by molar-refractivity contribution is 0.260. The van der Waals surface area contributed by atoms with Gasteiger partial charge >= 0.3 is 0 Å². The SMILES string of the molecule is CCc1ccc(OCc2ccc(CN)o2)c(C(C)(C)C)c1. The Bertz CT molecular complexity index is 594. The first kappa shape index (κ1) is 15.6. The second-order valence-electron chi connectivity index (χ2n) is 6.29. The monoisotopic (exact) mass is 287 g/mol. The molecule has 0 atom stereocenters. The molecule has 0 aliphatic carbocycles. The summed E-state index contributed by atoms with van der Waals surface area (Å²) in [5.74, 6) is 2.51. The number of benzene rings is 1. The molecule has 1 heterocycles. The average molecular weight is 287 g/mol. The molecule has 0 saturated heterocycles. The van der Waals surface area contributed by atoms with E-state index in [2.05, 4.69) is 45.9 Å². The standard InChI is InChI=1S/C18H25NO2/c1-5-13-6-9-17(16(10-13)18(2,3)4)20-12-15-8-7-14(11-19)21-15/h6-10H,5,11-12,19H2,1-4H3. The van der Waals surface area contributed by atoms with Gasteiger partial charge in [-0.3, -0.25) is 0 Å². The van der Waals surface area contributed by atoms with E-state index >= 15 is 0 Å². The van der Waals surface area contributed by atoms with Gasteiger partial charge in [-0.2, -0.15) is 0 Å². The highest BCUT2D eigenvalue weighted by Crippen LogP contribution is 2.33. The summed E-state index contributed by atoms with van der Waals surface area (Å²) in [4.78, 5) is 0. The van der Waals surface area contributed by atoms with Crippen LogP contribution in [0.2, 0.25) is 0 Å². The molecule has 1 aromatic carbocycles. The molecule has 2 aromatic rings. The zero-order valence-corrected chi connectivity index (χ0v) is 13.4. The molecule has 0 amide bonds. The highest BCUT2D eigenvalue weighted by molar-refractivity contribution is 5.41. The molecule has 21 heavy (non-hydrogen) atoms. The first-order chi connectivity index (χ1) is 9.94. The van der Waals surface area contributed by atoms with Gasteiger partial charge in [-0.15, -0.1) is 0 Å². The Balaban J connectivity index is 2.19. The van der Waals surface area contributed by atoms with E-state index < -0.39 is 0 Å². The lowest BCUT2D eigenvalue weighted by atomic mass is 9.85. The van der Waals surface area contributed by atoms with Crippen molar-refractivity contribution in [2.45, 2.75) is 52.7 Å². The van der Waals surface area contributed by atoms with Crippen molar-refractivity contribution in [2.75, 3.05) is 0 Å². The van der Waals surface area contributed by atoms with Crippen LogP contribution in [0.15, 0.2) is 34.7 Å². The number of aryl methyl sites for hydroxylation is 1. The lowest BCUT2D eigenvalue weighted by Crippen LogP contribution is -2.14. The third-order valence-corrected chi connectivity index (χ3v) is 3.55. The molecule has 2 rings (SSSR count). The van der Waals surface area contributed by atoms with E-state index in [4.69, 9.17) is 14.9 Å². The van der Waals surface area contributed by atoms with E-state index in [9.17, 15) is 0 Å². The number of hydrogen-bond acceptors (Lipinski definition) is 3. The van der Waals surface area contributed by atoms with Crippen molar-refractivity contribution in [3.8, 4) is 5.75 Å². The van der Waals surface area contributed by atoms with Crippen LogP contribution in [0.5, 0.6) is 5.75 Å². The fraction of sp³-hybridized carbons (Fsp3) is 0.444. The van der Waals surface area contributed by atoms with Gasteiger partial charge in [0, 0.05) is 0 Å². The summed E-state index contributed by atoms with van der Waals surface area (Å²) < 4.78 is 11.5. The van der Waals surface area contributed by atoms with E-state index in [1.165, 1.54) is 11.1 Å². The smallest absolute Gasteiger partial charge is 0.146 e. The Morgan fingerprint density at radius 1 is 1.10 bits per heavy atom. The maximum Gasteiger partial charge on any atom is 0.146 e. The summed E-state index contributed by atoms with van der Waals surface area (Å²) in [6.07, 6.45) is 1.03. The van der Waals surface area contributed by atoms with Gasteiger partial charge in [-0.05, 0) is 41.2 Å². The molecular weight excluding hydrogens is 262 g/mol. The number of ether oxygens (including phenoxy) is 1. The highest BCUT2D eigenvalue weighted by atomic mass is 16.5. The predicted octanol–water partition coefficient (Wildman–Crippen LogP) is 4.18. The van der Waals surface area contributed by atoms with Gasteiger partial charge in [-0.1, -0.05) is 39.8 Å². The maximum absolute atomic E-state index is 5.97. The molecule has 0 aliphatic heterocycles. The van der Waals surface area contributed by atoms with Gasteiger partial charge in [0.05, 0.1) is 6.54 Å². The second-order valence-corrected chi connectivity index (χ2v) is 6.29. The van der Waals surface area contributed by atoms with Crippen LogP contribution in [-0.2, 0) is 25.0 Å². The van der Waals surface area contributed by atoms with Gasteiger partial charge in [0.15, 0.2) is 0 Å². The summed E-state index contributed by atoms with van der Waals surface area (Å²) in [5, 5.41) is 0. The van der Waals surface area contributed by atoms with Crippen molar-refractivity contribution >= 4 is 0 Å². The molecule has 0 fully saturated rings. The zero-order chi connectivity index (χ0) is 15.5. The third kappa shape index (κ3) is 3.88. The summed E-state index contributed by atoms with van der Waals surface area (Å²) in [7, 11) is 0. The fourth-order valence-electron chi connectivity index (χ4n) is 2.27. The quantitative estimate of drug-likeness (QED) is 0.897. The topological polar surface area (TPSA) is 48.4 Å². The Morgan fingerprint density at radius 2 is 1.81 bits per heavy atom. The lowest BCUT2D eigenvalue weighted by Gasteiger charge is -2.23. The normalized spacial score (nSPS) is 11.7. The Labute approximate surface area is 127 Å². The van der Waals surface area contributed by atoms with E-state index in [1.54, 1.807) is 0 Å². The van der Waals surface area contributed by atoms with E-state index in [-0.39, 0.29) is 5.41 Å². The van der Waals surface area contributed by atoms with Gasteiger partial charge in [0.2, 0.25) is 0 Å². The fourth-order valence-corrected chi connectivity index (χ4v) is 2.27. The number of nitrogens with two attached hydrogens (primary N) is 1. The van der Waals surface area contributed by atoms with Gasteiger partial charge < -0.3 is 14.9 Å². The summed E-state index contributed by atoms with van der Waals surface area (Å²) in [6.45, 7) is 9.61. The Kier molecular flexibility index (Phi) is 4.73. The largest absolute Gasteiger partial charge is 0.485 e. The van der Waals surface area contributed by atoms with Crippen molar-refractivity contribution in [3.63, 3.8) is 0 Å². The van der Waals surface area contributed by atoms with Crippen LogP contribution < -0.4 is 10.5 Å². The van der Waals surface area contributed by atoms with Gasteiger partial charge in [0.1, 0.15) is 23.9 Å². The first-order valence-corrected chi connectivity index (χ1v) is 7.48. The van der Waals surface area contributed by atoms with Gasteiger partial charge in [-0.25, -0.2) is 0 Å². The van der Waals surface area contributed by atoms with Crippen molar-refractivity contribution in [2.24, 2.45) is 5.73 Å². The third-order valence-electron chi connectivity index (χ3n) is 3.55. The van der Waals surface area contributed by atoms with Crippen molar-refractivity contribution in [1.29, 1.82) is 0 Å². The van der Waals surface area contributed by atoms with Crippen molar-refractivity contribution in [1.82, 2.24) is 0 Å². The minimum atomic E-state index is 0.0477. The van der Waals surface area contributed by atoms with Crippen LogP contribution >= 0.6 is 0 Å². The molecule has 0 aliphatic rings. The van der Waals surface area contributed by atoms with Crippen LogP contribution in [0.4, 0.5) is 0 Å². The van der Waals surface area contributed by atoms with Crippen molar-refractivity contribution < 1.29 is 9.15 Å². The number of hydrogen-bond donors (Lipinski definition) is 1. The van der Waals surface area contributed by atoms with E-state index in [0.29, 0.717) is 13.2 Å². The number of rotatable bonds is 5. The second kappa shape index (κ2) is 6.35. The molecule has 1 aromatic heterocycles. The van der Waals surface area contributed by atoms with Gasteiger partial charge in [0.25, 0.3) is 0 Å². The summed E-state index contributed by atoms with van der Waals surface area (Å²) in [5.41, 5.74) is 8.16. The number of furan rings is 1. The molecule has 114 valence electrons. The molecule has 0 unspecified atom stereocenters. The molecular formula is C18H25NO2. The maximum atomic E-state index is 5.97. The summed E-state index contributed by atoms with van der Waals surface area (Å²) in [6, 6.07) is 10.2. The highest BCUT2D eigenvalue weighted by Gasteiger charge is 2.19. The predicted molar refractivity (Wildman–Crippen MR) is 85.5 cm³/mol. The van der Waals surface area contributed by atoms with E-state index in [0.717, 1.165) is 23.7 Å². The Morgan fingerprint density at radius 3 is 2.38 bits per heavy atom. The molecule has 3 nitrogen and oxygen atoms in total. The Hall–Kier alpha value is -1.74. The van der Waals surface area contributed by atoms with Crippen molar-refractivity contribution in [3.05, 3.63) is 53.0 Å². The van der Waals surface area contributed by atoms with Crippen LogP contribution in [0.25, 0.3) is 0 Å². The zero-order valence-electron chi connectivity index (χ0n) is 13.4. The average Bonchev–Trinajstić information content (AvgIpc) is 2.92. The molecule has 0 spiro atoms. The molecule has 2 N–H and O–H groups in total. The minimum absolute atomic E-state index is 0.0477. The van der Waals surface area contributed by atoms with Crippen LogP contribution in [0.1, 0.15) is 50.3 Å². The van der Waals surface area contributed by atoms with Crippen LogP contribution in [-0.4, -0.2) is 0 Å². The van der Waals surface area contributed by atoms with E-state index in [1.807, 2.05) is 12.1 Å². The molecule has 3 heteroatoms. The summed E-state index contributed by atoms with van der Waals surface area (Å²) >= 11 is 0. The molecule has 0 radical (unpaired) electrons. The molecule has 0 saturated carbocycles. The van der Waals surface area contributed by atoms with Crippen LogP contribution in [0, 0.1) is 0 Å².